The molecule has 1 atom stereocenters. The molecule has 0 radical (unpaired) electrons. The molecule has 2 amide bonds. The number of hydrogen-bond donors (Lipinski definition) is 2. The molecule has 1 saturated heterocycles. The lowest BCUT2D eigenvalue weighted by atomic mass is 10.2. The van der Waals surface area contributed by atoms with E-state index in [0.717, 1.165) is 30.8 Å². The molecule has 24 heavy (non-hydrogen) atoms. The molecule has 0 aliphatic carbocycles. The van der Waals surface area contributed by atoms with Crippen molar-refractivity contribution in [3.05, 3.63) is 42.2 Å². The van der Waals surface area contributed by atoms with Gasteiger partial charge in [-0.2, -0.15) is 5.10 Å². The van der Waals surface area contributed by atoms with Crippen molar-refractivity contribution < 1.29 is 14.3 Å². The predicted molar refractivity (Wildman–Crippen MR) is 90.0 cm³/mol. The van der Waals surface area contributed by atoms with Crippen molar-refractivity contribution in [1.82, 2.24) is 15.1 Å². The highest BCUT2D eigenvalue weighted by Crippen LogP contribution is 2.19. The topological polar surface area (TPSA) is 77.4 Å². The molecule has 128 valence electrons. The maximum absolute atomic E-state index is 12.0. The number of nitrogens with one attached hydrogen (secondary N) is 2. The summed E-state index contributed by atoms with van der Waals surface area (Å²) in [6.45, 7) is 1.78. The van der Waals surface area contributed by atoms with E-state index in [9.17, 15) is 4.79 Å². The van der Waals surface area contributed by atoms with E-state index in [1.807, 2.05) is 31.4 Å². The number of nitrogens with zero attached hydrogens (tertiary/aromatic N) is 2. The van der Waals surface area contributed by atoms with Gasteiger partial charge in [0, 0.05) is 43.7 Å². The van der Waals surface area contributed by atoms with Gasteiger partial charge in [0.15, 0.2) is 0 Å². The molecule has 2 aromatic rings. The predicted octanol–water partition coefficient (Wildman–Crippen LogP) is 2.30. The van der Waals surface area contributed by atoms with Crippen molar-refractivity contribution in [3.8, 4) is 5.75 Å². The SMILES string of the molecule is Cn1cc(CNC(=O)Nc2cccc(OC[C@@H]3CCCO3)c2)cn1. The second kappa shape index (κ2) is 7.83. The number of urea groups is 1. The lowest BCUT2D eigenvalue weighted by molar-refractivity contribution is 0.0680. The molecular formula is C17H22N4O3. The minimum Gasteiger partial charge on any atom is -0.491 e. The molecule has 1 aromatic heterocycles. The van der Waals surface area contributed by atoms with Gasteiger partial charge in [0.05, 0.1) is 12.3 Å². The molecule has 0 saturated carbocycles. The molecule has 0 bridgehead atoms. The molecule has 1 aromatic carbocycles. The van der Waals surface area contributed by atoms with Gasteiger partial charge in [-0.15, -0.1) is 0 Å². The van der Waals surface area contributed by atoms with Crippen molar-refractivity contribution >= 4 is 11.7 Å². The van der Waals surface area contributed by atoms with Crippen LogP contribution in [0.15, 0.2) is 36.7 Å². The maximum atomic E-state index is 12.0. The quantitative estimate of drug-likeness (QED) is 0.852. The van der Waals surface area contributed by atoms with Crippen LogP contribution in [-0.4, -0.2) is 35.1 Å². The van der Waals surface area contributed by atoms with Crippen molar-refractivity contribution in [3.63, 3.8) is 0 Å². The fraction of sp³-hybridized carbons (Fsp3) is 0.412. The molecule has 7 heteroatoms. The van der Waals surface area contributed by atoms with Crippen molar-refractivity contribution in [1.29, 1.82) is 0 Å². The Balaban J connectivity index is 1.47. The maximum Gasteiger partial charge on any atom is 0.319 e. The van der Waals surface area contributed by atoms with Crippen LogP contribution in [0.5, 0.6) is 5.75 Å². The number of aromatic nitrogens is 2. The highest BCUT2D eigenvalue weighted by atomic mass is 16.5. The zero-order valence-corrected chi connectivity index (χ0v) is 13.7. The monoisotopic (exact) mass is 330 g/mol. The third kappa shape index (κ3) is 4.73. The third-order valence-corrected chi connectivity index (χ3v) is 3.76. The van der Waals surface area contributed by atoms with Crippen molar-refractivity contribution in [2.24, 2.45) is 7.05 Å². The minimum absolute atomic E-state index is 0.171. The Kier molecular flexibility index (Phi) is 5.32. The normalized spacial score (nSPS) is 16.8. The van der Waals surface area contributed by atoms with E-state index in [-0.39, 0.29) is 12.1 Å². The van der Waals surface area contributed by atoms with Crippen LogP contribution in [0.4, 0.5) is 10.5 Å². The standard InChI is InChI=1S/C17H22N4O3/c1-21-11-13(10-19-21)9-18-17(22)20-14-4-2-5-15(8-14)24-12-16-6-3-7-23-16/h2,4-5,8,10-11,16H,3,6-7,9,12H2,1H3,(H2,18,20,22)/t16-/m0/s1. The van der Waals surface area contributed by atoms with E-state index in [0.29, 0.717) is 18.8 Å². The number of hydrogen-bond acceptors (Lipinski definition) is 4. The second-order valence-electron chi connectivity index (χ2n) is 5.80. The van der Waals surface area contributed by atoms with Gasteiger partial charge in [-0.1, -0.05) is 6.07 Å². The fourth-order valence-electron chi connectivity index (χ4n) is 2.55. The highest BCUT2D eigenvalue weighted by molar-refractivity contribution is 5.89. The largest absolute Gasteiger partial charge is 0.491 e. The van der Waals surface area contributed by atoms with Crippen LogP contribution in [0.1, 0.15) is 18.4 Å². The zero-order chi connectivity index (χ0) is 16.8. The molecular weight excluding hydrogens is 308 g/mol. The van der Waals surface area contributed by atoms with E-state index in [2.05, 4.69) is 15.7 Å². The molecule has 0 unspecified atom stereocenters. The molecule has 1 aliphatic heterocycles. The second-order valence-corrected chi connectivity index (χ2v) is 5.80. The number of rotatable bonds is 6. The summed E-state index contributed by atoms with van der Waals surface area (Å²) in [5, 5.41) is 9.65. The van der Waals surface area contributed by atoms with Gasteiger partial charge in [-0.3, -0.25) is 4.68 Å². The van der Waals surface area contributed by atoms with Gasteiger partial charge in [-0.25, -0.2) is 4.79 Å². The van der Waals surface area contributed by atoms with Gasteiger partial charge in [-0.05, 0) is 25.0 Å². The van der Waals surface area contributed by atoms with Gasteiger partial charge >= 0.3 is 6.03 Å². The van der Waals surface area contributed by atoms with Gasteiger partial charge in [0.1, 0.15) is 12.4 Å². The molecule has 1 aliphatic rings. The summed E-state index contributed by atoms with van der Waals surface area (Å²) in [6, 6.07) is 7.08. The summed E-state index contributed by atoms with van der Waals surface area (Å²) in [5.41, 5.74) is 1.63. The summed E-state index contributed by atoms with van der Waals surface area (Å²) in [5.74, 6) is 0.718. The molecule has 7 nitrogen and oxygen atoms in total. The first-order chi connectivity index (χ1) is 11.7. The minimum atomic E-state index is -0.268. The van der Waals surface area contributed by atoms with Crippen LogP contribution in [0.2, 0.25) is 0 Å². The summed E-state index contributed by atoms with van der Waals surface area (Å²) in [4.78, 5) is 12.0. The van der Waals surface area contributed by atoms with Crippen LogP contribution < -0.4 is 15.4 Å². The summed E-state index contributed by atoms with van der Waals surface area (Å²) in [7, 11) is 1.84. The number of carbonyl (C=O) groups is 1. The summed E-state index contributed by atoms with van der Waals surface area (Å²) < 4.78 is 13.0. The van der Waals surface area contributed by atoms with E-state index in [1.165, 1.54) is 0 Å². The third-order valence-electron chi connectivity index (χ3n) is 3.76. The first kappa shape index (κ1) is 16.3. The van der Waals surface area contributed by atoms with E-state index in [4.69, 9.17) is 9.47 Å². The van der Waals surface area contributed by atoms with Crippen LogP contribution >= 0.6 is 0 Å². The Morgan fingerprint density at radius 3 is 3.17 bits per heavy atom. The van der Waals surface area contributed by atoms with Crippen molar-refractivity contribution in [2.75, 3.05) is 18.5 Å². The van der Waals surface area contributed by atoms with Gasteiger partial charge in [0.25, 0.3) is 0 Å². The molecule has 2 heterocycles. The number of aryl methyl sites for hydroxylation is 1. The Hall–Kier alpha value is -2.54. The Bertz CT molecular complexity index is 680. The first-order valence-corrected chi connectivity index (χ1v) is 8.06. The first-order valence-electron chi connectivity index (χ1n) is 8.06. The van der Waals surface area contributed by atoms with Crippen LogP contribution in [0.25, 0.3) is 0 Å². The number of amides is 2. The lowest BCUT2D eigenvalue weighted by Crippen LogP contribution is -2.28. The Labute approximate surface area is 140 Å². The zero-order valence-electron chi connectivity index (χ0n) is 13.7. The Morgan fingerprint density at radius 2 is 2.42 bits per heavy atom. The van der Waals surface area contributed by atoms with Gasteiger partial charge in [0.2, 0.25) is 0 Å². The van der Waals surface area contributed by atoms with Crippen LogP contribution in [0, 0.1) is 0 Å². The molecule has 3 rings (SSSR count). The van der Waals surface area contributed by atoms with E-state index >= 15 is 0 Å². The van der Waals surface area contributed by atoms with Crippen LogP contribution in [0.3, 0.4) is 0 Å². The lowest BCUT2D eigenvalue weighted by Gasteiger charge is -2.12. The highest BCUT2D eigenvalue weighted by Gasteiger charge is 2.16. The Morgan fingerprint density at radius 1 is 1.50 bits per heavy atom. The van der Waals surface area contributed by atoms with E-state index < -0.39 is 0 Å². The summed E-state index contributed by atoms with van der Waals surface area (Å²) in [6.07, 6.45) is 5.88. The fourth-order valence-corrected chi connectivity index (χ4v) is 2.55. The van der Waals surface area contributed by atoms with Gasteiger partial charge < -0.3 is 20.1 Å². The smallest absolute Gasteiger partial charge is 0.319 e. The number of anilines is 1. The van der Waals surface area contributed by atoms with E-state index in [1.54, 1.807) is 16.9 Å². The molecule has 2 N–H and O–H groups in total. The van der Waals surface area contributed by atoms with Crippen molar-refractivity contribution in [2.45, 2.75) is 25.5 Å². The summed E-state index contributed by atoms with van der Waals surface area (Å²) >= 11 is 0. The average Bonchev–Trinajstić information content (AvgIpc) is 3.23. The molecule has 1 fully saturated rings. The number of ether oxygens (including phenoxy) is 2. The average molecular weight is 330 g/mol. The number of carbonyl (C=O) groups excluding carboxylic acids is 1. The molecule has 0 spiro atoms. The number of benzene rings is 1. The van der Waals surface area contributed by atoms with Crippen LogP contribution in [-0.2, 0) is 18.3 Å².